The number of carbonyl (C=O) groups is 3. The number of rotatable bonds is 5. The van der Waals surface area contributed by atoms with Crippen LogP contribution in [0.25, 0.3) is 0 Å². The van der Waals surface area contributed by atoms with Gasteiger partial charge in [0.05, 0.1) is 7.11 Å². The van der Waals surface area contributed by atoms with Crippen molar-refractivity contribution in [2.45, 2.75) is 26.3 Å². The van der Waals surface area contributed by atoms with Crippen molar-refractivity contribution < 1.29 is 19.1 Å². The van der Waals surface area contributed by atoms with Gasteiger partial charge in [-0.1, -0.05) is 29.8 Å². The van der Waals surface area contributed by atoms with Crippen LogP contribution in [0, 0.1) is 13.8 Å². The van der Waals surface area contributed by atoms with Crippen molar-refractivity contribution in [2.24, 2.45) is 0 Å². The van der Waals surface area contributed by atoms with E-state index >= 15 is 0 Å². The Kier molecular flexibility index (Phi) is 5.09. The topological polar surface area (TPSA) is 87.7 Å². The minimum atomic E-state index is -1.23. The van der Waals surface area contributed by atoms with Crippen molar-refractivity contribution in [2.75, 3.05) is 19.0 Å². The highest BCUT2D eigenvalue weighted by atomic mass is 16.5. The molecular formula is C21H23N3O4. The van der Waals surface area contributed by atoms with Crippen molar-refractivity contribution in [1.82, 2.24) is 10.2 Å². The number of nitrogens with zero attached hydrogens (tertiary/aromatic N) is 1. The molecule has 1 saturated heterocycles. The maximum Gasteiger partial charge on any atom is 0.325 e. The first-order valence-electron chi connectivity index (χ1n) is 8.90. The number of imide groups is 1. The normalized spacial score (nSPS) is 18.8. The zero-order valence-corrected chi connectivity index (χ0v) is 16.3. The number of urea groups is 1. The second-order valence-corrected chi connectivity index (χ2v) is 7.04. The first-order valence-corrected chi connectivity index (χ1v) is 8.90. The Morgan fingerprint density at radius 2 is 1.82 bits per heavy atom. The fourth-order valence-corrected chi connectivity index (χ4v) is 3.25. The van der Waals surface area contributed by atoms with E-state index in [-0.39, 0.29) is 6.54 Å². The number of anilines is 1. The molecule has 3 rings (SSSR count). The Bertz CT molecular complexity index is 939. The van der Waals surface area contributed by atoms with Crippen LogP contribution in [0.5, 0.6) is 5.75 Å². The first kappa shape index (κ1) is 19.4. The van der Waals surface area contributed by atoms with E-state index in [0.717, 1.165) is 16.0 Å². The number of benzene rings is 2. The lowest BCUT2D eigenvalue weighted by Gasteiger charge is -2.22. The van der Waals surface area contributed by atoms with E-state index in [1.807, 2.05) is 26.0 Å². The molecule has 1 aliphatic rings. The van der Waals surface area contributed by atoms with Gasteiger partial charge in [0, 0.05) is 5.69 Å². The predicted octanol–water partition coefficient (Wildman–Crippen LogP) is 2.72. The number of carbonyl (C=O) groups excluding carboxylic acids is 3. The molecule has 7 nitrogen and oxygen atoms in total. The van der Waals surface area contributed by atoms with Crippen molar-refractivity contribution in [3.8, 4) is 5.75 Å². The molecule has 28 heavy (non-hydrogen) atoms. The van der Waals surface area contributed by atoms with E-state index in [1.54, 1.807) is 44.4 Å². The van der Waals surface area contributed by atoms with Gasteiger partial charge in [0.25, 0.3) is 5.91 Å². The zero-order chi connectivity index (χ0) is 20.5. The van der Waals surface area contributed by atoms with Crippen LogP contribution in [-0.2, 0) is 15.1 Å². The van der Waals surface area contributed by atoms with Crippen molar-refractivity contribution in [3.63, 3.8) is 0 Å². The van der Waals surface area contributed by atoms with Gasteiger partial charge in [0.2, 0.25) is 5.91 Å². The molecule has 4 amide bonds. The number of hydrogen-bond donors (Lipinski definition) is 2. The SMILES string of the molecule is COc1ccc([C@]2(C)NC(=O)N(CC(=O)Nc3ccc(C)cc3C)C2=O)cc1. The van der Waals surface area contributed by atoms with Gasteiger partial charge in [-0.3, -0.25) is 14.5 Å². The van der Waals surface area contributed by atoms with Crippen LogP contribution < -0.4 is 15.4 Å². The van der Waals surface area contributed by atoms with Crippen LogP contribution in [0.4, 0.5) is 10.5 Å². The van der Waals surface area contributed by atoms with Crippen LogP contribution in [0.2, 0.25) is 0 Å². The summed E-state index contributed by atoms with van der Waals surface area (Å²) in [6.07, 6.45) is 0. The monoisotopic (exact) mass is 381 g/mol. The van der Waals surface area contributed by atoms with E-state index in [4.69, 9.17) is 4.74 Å². The van der Waals surface area contributed by atoms with E-state index in [0.29, 0.717) is 17.0 Å². The van der Waals surface area contributed by atoms with Crippen LogP contribution in [-0.4, -0.2) is 36.4 Å². The lowest BCUT2D eigenvalue weighted by molar-refractivity contribution is -0.133. The zero-order valence-electron chi connectivity index (χ0n) is 16.3. The molecule has 0 aliphatic carbocycles. The average Bonchev–Trinajstić information content (AvgIpc) is 2.88. The third-order valence-corrected chi connectivity index (χ3v) is 4.90. The summed E-state index contributed by atoms with van der Waals surface area (Å²) in [6, 6.07) is 11.9. The van der Waals surface area contributed by atoms with Gasteiger partial charge >= 0.3 is 6.03 Å². The van der Waals surface area contributed by atoms with Crippen LogP contribution in [0.15, 0.2) is 42.5 Å². The van der Waals surface area contributed by atoms with Crippen LogP contribution in [0.3, 0.4) is 0 Å². The second kappa shape index (κ2) is 7.34. The highest BCUT2D eigenvalue weighted by molar-refractivity contribution is 6.10. The number of aryl methyl sites for hydroxylation is 2. The maximum atomic E-state index is 12.9. The summed E-state index contributed by atoms with van der Waals surface area (Å²) in [5, 5.41) is 5.45. The van der Waals surface area contributed by atoms with E-state index in [2.05, 4.69) is 10.6 Å². The molecule has 146 valence electrons. The molecule has 1 atom stereocenters. The molecule has 0 saturated carbocycles. The third kappa shape index (κ3) is 3.55. The molecule has 0 bridgehead atoms. The van der Waals surface area contributed by atoms with Gasteiger partial charge in [-0.25, -0.2) is 4.79 Å². The maximum absolute atomic E-state index is 12.9. The van der Waals surface area contributed by atoms with Gasteiger partial charge in [0.1, 0.15) is 17.8 Å². The molecule has 1 heterocycles. The molecule has 7 heteroatoms. The summed E-state index contributed by atoms with van der Waals surface area (Å²) in [5.41, 5.74) is 2.03. The highest BCUT2D eigenvalue weighted by Crippen LogP contribution is 2.30. The Balaban J connectivity index is 1.74. The highest BCUT2D eigenvalue weighted by Gasteiger charge is 2.49. The summed E-state index contributed by atoms with van der Waals surface area (Å²) in [6.45, 7) is 5.11. The third-order valence-electron chi connectivity index (χ3n) is 4.90. The Labute approximate surface area is 163 Å². The van der Waals surface area contributed by atoms with Crippen LogP contribution in [0.1, 0.15) is 23.6 Å². The average molecular weight is 381 g/mol. The molecule has 0 aromatic heterocycles. The quantitative estimate of drug-likeness (QED) is 0.780. The number of methoxy groups -OCH3 is 1. The molecule has 2 N–H and O–H groups in total. The number of amides is 4. The van der Waals surface area contributed by atoms with E-state index < -0.39 is 23.4 Å². The Morgan fingerprint density at radius 3 is 2.43 bits per heavy atom. The summed E-state index contributed by atoms with van der Waals surface area (Å²) in [7, 11) is 1.55. The van der Waals surface area contributed by atoms with E-state index in [1.165, 1.54) is 0 Å². The summed E-state index contributed by atoms with van der Waals surface area (Å²) in [4.78, 5) is 38.7. The molecule has 2 aromatic rings. The lowest BCUT2D eigenvalue weighted by atomic mass is 9.92. The molecule has 1 fully saturated rings. The summed E-state index contributed by atoms with van der Waals surface area (Å²) in [5.74, 6) is -0.262. The van der Waals surface area contributed by atoms with Gasteiger partial charge in [0.15, 0.2) is 0 Å². The van der Waals surface area contributed by atoms with Crippen molar-refractivity contribution in [3.05, 3.63) is 59.2 Å². The molecule has 0 spiro atoms. The van der Waals surface area contributed by atoms with Gasteiger partial charge in [-0.2, -0.15) is 0 Å². The van der Waals surface area contributed by atoms with Gasteiger partial charge in [-0.05, 0) is 50.1 Å². The number of hydrogen-bond acceptors (Lipinski definition) is 4. The minimum Gasteiger partial charge on any atom is -0.497 e. The predicted molar refractivity (Wildman–Crippen MR) is 105 cm³/mol. The number of nitrogens with one attached hydrogen (secondary N) is 2. The molecule has 0 unspecified atom stereocenters. The van der Waals surface area contributed by atoms with Crippen molar-refractivity contribution in [1.29, 1.82) is 0 Å². The van der Waals surface area contributed by atoms with Gasteiger partial charge < -0.3 is 15.4 Å². The van der Waals surface area contributed by atoms with Crippen LogP contribution >= 0.6 is 0 Å². The smallest absolute Gasteiger partial charge is 0.325 e. The molecule has 1 aliphatic heterocycles. The Morgan fingerprint density at radius 1 is 1.14 bits per heavy atom. The number of ether oxygens (including phenoxy) is 1. The van der Waals surface area contributed by atoms with E-state index in [9.17, 15) is 14.4 Å². The second-order valence-electron chi connectivity index (χ2n) is 7.04. The molecule has 0 radical (unpaired) electrons. The van der Waals surface area contributed by atoms with Gasteiger partial charge in [-0.15, -0.1) is 0 Å². The largest absolute Gasteiger partial charge is 0.497 e. The molecule has 2 aromatic carbocycles. The standard InChI is InChI=1S/C21H23N3O4/c1-13-5-10-17(14(2)11-13)22-18(25)12-24-19(26)21(3,23-20(24)27)15-6-8-16(28-4)9-7-15/h5-11H,12H2,1-4H3,(H,22,25)(H,23,27)/t21-/m0/s1. The first-order chi connectivity index (χ1) is 13.2. The minimum absolute atomic E-state index is 0.357. The molecular weight excluding hydrogens is 358 g/mol. The fraction of sp³-hybridized carbons (Fsp3) is 0.286. The van der Waals surface area contributed by atoms with Crippen molar-refractivity contribution >= 4 is 23.5 Å². The summed E-state index contributed by atoms with van der Waals surface area (Å²) < 4.78 is 5.12. The Hall–Kier alpha value is -3.35. The summed E-state index contributed by atoms with van der Waals surface area (Å²) >= 11 is 0. The lowest BCUT2D eigenvalue weighted by Crippen LogP contribution is -2.42. The fourth-order valence-electron chi connectivity index (χ4n) is 3.25.